The molecule has 1 amide bonds. The Morgan fingerprint density at radius 3 is 2.77 bits per heavy atom. The fourth-order valence-electron chi connectivity index (χ4n) is 2.67. The van der Waals surface area contributed by atoms with Gasteiger partial charge in [-0.2, -0.15) is 0 Å². The average molecular weight is 354 g/mol. The van der Waals surface area contributed by atoms with Gasteiger partial charge in [0.25, 0.3) is 5.91 Å². The average Bonchev–Trinajstić information content (AvgIpc) is 3.14. The van der Waals surface area contributed by atoms with Gasteiger partial charge >= 0.3 is 0 Å². The second kappa shape index (κ2) is 8.44. The Kier molecular flexibility index (Phi) is 5.80. The second-order valence-corrected chi connectivity index (χ2v) is 5.81. The van der Waals surface area contributed by atoms with E-state index in [0.29, 0.717) is 37.5 Å². The first-order valence-electron chi connectivity index (χ1n) is 8.50. The number of nitrogens with zero attached hydrogens (tertiary/aromatic N) is 4. The van der Waals surface area contributed by atoms with Crippen molar-refractivity contribution >= 4 is 11.6 Å². The van der Waals surface area contributed by atoms with E-state index in [1.165, 1.54) is 0 Å². The first kappa shape index (κ1) is 17.9. The molecule has 0 bridgehead atoms. The fraction of sp³-hybridized carbons (Fsp3) is 0.316. The smallest absolute Gasteiger partial charge is 0.254 e. The van der Waals surface area contributed by atoms with Crippen LogP contribution < -0.4 is 4.74 Å². The van der Waals surface area contributed by atoms with Crippen molar-refractivity contribution in [2.24, 2.45) is 0 Å². The summed E-state index contributed by atoms with van der Waals surface area (Å²) in [6.45, 7) is 4.04. The van der Waals surface area contributed by atoms with E-state index in [-0.39, 0.29) is 5.91 Å². The summed E-state index contributed by atoms with van der Waals surface area (Å²) in [5.41, 5.74) is 2.25. The summed E-state index contributed by atoms with van der Waals surface area (Å²) in [6.07, 6.45) is 3.39. The van der Waals surface area contributed by atoms with Gasteiger partial charge in [-0.1, -0.05) is 12.1 Å². The predicted octanol–water partition coefficient (Wildman–Crippen LogP) is 2.42. The number of amides is 1. The van der Waals surface area contributed by atoms with Crippen LogP contribution in [0.5, 0.6) is 5.75 Å². The van der Waals surface area contributed by atoms with E-state index in [9.17, 15) is 4.79 Å². The highest BCUT2D eigenvalue weighted by molar-refractivity contribution is 5.95. The molecule has 26 heavy (non-hydrogen) atoms. The lowest BCUT2D eigenvalue weighted by Gasteiger charge is -2.23. The van der Waals surface area contributed by atoms with Crippen molar-refractivity contribution < 1.29 is 14.3 Å². The van der Waals surface area contributed by atoms with Gasteiger partial charge in [-0.3, -0.25) is 9.20 Å². The van der Waals surface area contributed by atoms with Gasteiger partial charge in [0.1, 0.15) is 12.1 Å². The van der Waals surface area contributed by atoms with E-state index in [2.05, 4.69) is 10.2 Å². The molecule has 0 aliphatic heterocycles. The van der Waals surface area contributed by atoms with Crippen LogP contribution in [-0.2, 0) is 11.3 Å². The molecule has 7 heteroatoms. The van der Waals surface area contributed by atoms with E-state index in [1.807, 2.05) is 31.2 Å². The normalized spacial score (nSPS) is 10.8. The molecule has 0 aliphatic rings. The first-order valence-corrected chi connectivity index (χ1v) is 8.50. The highest BCUT2D eigenvalue weighted by atomic mass is 16.5. The molecular weight excluding hydrogens is 332 g/mol. The van der Waals surface area contributed by atoms with Gasteiger partial charge in [-0.25, -0.2) is 0 Å². The lowest BCUT2D eigenvalue weighted by molar-refractivity contribution is 0.0680. The molecule has 0 N–H and O–H groups in total. The number of carbonyl (C=O) groups excluding carboxylic acids is 1. The number of benzene rings is 1. The maximum atomic E-state index is 13.0. The number of pyridine rings is 1. The lowest BCUT2D eigenvalue weighted by atomic mass is 10.1. The van der Waals surface area contributed by atoms with Crippen LogP contribution in [0.25, 0.3) is 5.65 Å². The van der Waals surface area contributed by atoms with Gasteiger partial charge in [0.2, 0.25) is 0 Å². The van der Waals surface area contributed by atoms with E-state index in [4.69, 9.17) is 9.47 Å². The van der Waals surface area contributed by atoms with Gasteiger partial charge in [0.05, 0.1) is 13.2 Å². The van der Waals surface area contributed by atoms with Gasteiger partial charge < -0.3 is 14.4 Å². The minimum atomic E-state index is -0.0681. The van der Waals surface area contributed by atoms with Crippen LogP contribution in [0.2, 0.25) is 0 Å². The predicted molar refractivity (Wildman–Crippen MR) is 97.2 cm³/mol. The molecule has 0 atom stereocenters. The Bertz CT molecular complexity index is 861. The number of aromatic nitrogens is 3. The first-order chi connectivity index (χ1) is 12.7. The van der Waals surface area contributed by atoms with Gasteiger partial charge in [-0.05, 0) is 36.8 Å². The molecule has 0 radical (unpaired) electrons. The number of carbonyl (C=O) groups is 1. The number of rotatable bonds is 8. The number of fused-ring (bicyclic) bond motifs is 1. The molecule has 3 aromatic rings. The van der Waals surface area contributed by atoms with Crippen molar-refractivity contribution in [2.75, 3.05) is 26.9 Å². The third kappa shape index (κ3) is 4.18. The summed E-state index contributed by atoms with van der Waals surface area (Å²) >= 11 is 0. The molecule has 3 rings (SSSR count). The zero-order chi connectivity index (χ0) is 18.4. The molecule has 136 valence electrons. The zero-order valence-corrected chi connectivity index (χ0v) is 15.0. The van der Waals surface area contributed by atoms with Crippen LogP contribution in [0, 0.1) is 0 Å². The third-order valence-corrected chi connectivity index (χ3v) is 4.01. The van der Waals surface area contributed by atoms with Crippen molar-refractivity contribution in [2.45, 2.75) is 13.5 Å². The summed E-state index contributed by atoms with van der Waals surface area (Å²) in [6, 6.07) is 11.3. The van der Waals surface area contributed by atoms with E-state index in [1.54, 1.807) is 41.1 Å². The monoisotopic (exact) mass is 354 g/mol. The molecule has 7 nitrogen and oxygen atoms in total. The van der Waals surface area contributed by atoms with E-state index < -0.39 is 0 Å². The maximum absolute atomic E-state index is 13.0. The van der Waals surface area contributed by atoms with Crippen LogP contribution in [0.3, 0.4) is 0 Å². The molecular formula is C19H22N4O3. The lowest BCUT2D eigenvalue weighted by Crippen LogP contribution is -2.33. The highest BCUT2D eigenvalue weighted by Crippen LogP contribution is 2.16. The molecule has 2 heterocycles. The number of hydrogen-bond acceptors (Lipinski definition) is 5. The Morgan fingerprint density at radius 1 is 1.23 bits per heavy atom. The highest BCUT2D eigenvalue weighted by Gasteiger charge is 2.17. The maximum Gasteiger partial charge on any atom is 0.254 e. The van der Waals surface area contributed by atoms with Crippen molar-refractivity contribution in [1.82, 2.24) is 19.5 Å². The standard InChI is InChI=1S/C19H22N4O3/c1-3-26-17-6-4-15(5-7-17)13-22(10-11-25-2)19(24)16-8-9-23-14-20-21-18(23)12-16/h4-9,12,14H,3,10-11,13H2,1-2H3. The van der Waals surface area contributed by atoms with Crippen LogP contribution in [0.4, 0.5) is 0 Å². The molecule has 0 spiro atoms. The summed E-state index contributed by atoms with van der Waals surface area (Å²) < 4.78 is 12.4. The fourth-order valence-corrected chi connectivity index (χ4v) is 2.67. The number of methoxy groups -OCH3 is 1. The number of ether oxygens (including phenoxy) is 2. The molecule has 0 fully saturated rings. The van der Waals surface area contributed by atoms with Crippen molar-refractivity contribution in [3.05, 3.63) is 60.0 Å². The van der Waals surface area contributed by atoms with Crippen LogP contribution in [-0.4, -0.2) is 52.3 Å². The quantitative estimate of drug-likeness (QED) is 0.621. The largest absolute Gasteiger partial charge is 0.494 e. The van der Waals surface area contributed by atoms with Gasteiger partial charge in [0.15, 0.2) is 5.65 Å². The summed E-state index contributed by atoms with van der Waals surface area (Å²) in [5.74, 6) is 0.754. The second-order valence-electron chi connectivity index (χ2n) is 5.81. The van der Waals surface area contributed by atoms with E-state index in [0.717, 1.165) is 11.3 Å². The molecule has 0 saturated carbocycles. The van der Waals surface area contributed by atoms with E-state index >= 15 is 0 Å². The summed E-state index contributed by atoms with van der Waals surface area (Å²) in [4.78, 5) is 14.7. The van der Waals surface area contributed by atoms with Gasteiger partial charge in [0, 0.05) is 32.0 Å². The molecule has 0 unspecified atom stereocenters. The van der Waals surface area contributed by atoms with Gasteiger partial charge in [-0.15, -0.1) is 10.2 Å². The number of hydrogen-bond donors (Lipinski definition) is 0. The van der Waals surface area contributed by atoms with Crippen LogP contribution >= 0.6 is 0 Å². The van der Waals surface area contributed by atoms with Crippen LogP contribution in [0.15, 0.2) is 48.9 Å². The van der Waals surface area contributed by atoms with Crippen molar-refractivity contribution in [3.8, 4) is 5.75 Å². The minimum absolute atomic E-state index is 0.0681. The summed E-state index contributed by atoms with van der Waals surface area (Å²) in [7, 11) is 1.63. The third-order valence-electron chi connectivity index (χ3n) is 4.01. The summed E-state index contributed by atoms with van der Waals surface area (Å²) in [5, 5.41) is 7.84. The molecule has 1 aromatic carbocycles. The Balaban J connectivity index is 1.78. The SMILES string of the molecule is CCOc1ccc(CN(CCOC)C(=O)c2ccn3cnnc3c2)cc1. The topological polar surface area (TPSA) is 69.0 Å². The Labute approximate surface area is 152 Å². The molecule has 0 aliphatic carbocycles. The van der Waals surface area contributed by atoms with Crippen molar-refractivity contribution in [1.29, 1.82) is 0 Å². The minimum Gasteiger partial charge on any atom is -0.494 e. The van der Waals surface area contributed by atoms with Crippen molar-refractivity contribution in [3.63, 3.8) is 0 Å². The zero-order valence-electron chi connectivity index (χ0n) is 15.0. The molecule has 0 saturated heterocycles. The Morgan fingerprint density at radius 2 is 2.04 bits per heavy atom. The van der Waals surface area contributed by atoms with Crippen LogP contribution in [0.1, 0.15) is 22.8 Å². The molecule has 2 aromatic heterocycles. The Hall–Kier alpha value is -2.93.